The number of benzene rings is 3. The minimum absolute atomic E-state index is 0.214. The Morgan fingerprint density at radius 1 is 0.865 bits per heavy atom. The Bertz CT molecular complexity index is 1360. The molecule has 1 aromatic heterocycles. The molecule has 4 aromatic rings. The lowest BCUT2D eigenvalue weighted by molar-refractivity contribution is 0.102. The van der Waals surface area contributed by atoms with Gasteiger partial charge in [0.1, 0.15) is 29.6 Å². The van der Waals surface area contributed by atoms with E-state index in [1.165, 1.54) is 0 Å². The quantitative estimate of drug-likeness (QED) is 0.249. The lowest BCUT2D eigenvalue weighted by Crippen LogP contribution is -2.13. The number of hydrogen-bond donors (Lipinski definition) is 1. The largest absolute Gasteiger partial charge is 0.462 e. The van der Waals surface area contributed by atoms with Crippen molar-refractivity contribution in [3.63, 3.8) is 0 Å². The van der Waals surface area contributed by atoms with Crippen molar-refractivity contribution in [2.24, 2.45) is 0 Å². The van der Waals surface area contributed by atoms with Gasteiger partial charge in [-0.1, -0.05) is 73.8 Å². The number of aromatic nitrogens is 2. The SMILES string of the molecule is C=C(COC)Oc1cc(OC(=C)Cc2ccccc2)cc(C(=O)Nc2ccn(Cc3ccccc3)n2)c1. The number of nitrogens with zero attached hydrogens (tertiary/aromatic N) is 2. The van der Waals surface area contributed by atoms with Crippen LogP contribution in [0.2, 0.25) is 0 Å². The molecule has 0 fully saturated rings. The van der Waals surface area contributed by atoms with Crippen molar-refractivity contribution < 1.29 is 19.0 Å². The van der Waals surface area contributed by atoms with Crippen LogP contribution in [0.15, 0.2) is 116 Å². The van der Waals surface area contributed by atoms with Gasteiger partial charge in [0.05, 0.1) is 6.54 Å². The maximum absolute atomic E-state index is 13.1. The minimum atomic E-state index is -0.355. The number of hydrogen-bond acceptors (Lipinski definition) is 5. The molecule has 1 N–H and O–H groups in total. The lowest BCUT2D eigenvalue weighted by atomic mass is 10.1. The van der Waals surface area contributed by atoms with Crippen LogP contribution in [-0.2, 0) is 17.7 Å². The Hall–Kier alpha value is -4.62. The van der Waals surface area contributed by atoms with Crippen LogP contribution in [0.4, 0.5) is 5.82 Å². The second kappa shape index (κ2) is 12.4. The minimum Gasteiger partial charge on any atom is -0.462 e. The van der Waals surface area contributed by atoms with E-state index in [2.05, 4.69) is 23.6 Å². The van der Waals surface area contributed by atoms with Gasteiger partial charge in [0.2, 0.25) is 0 Å². The Labute approximate surface area is 216 Å². The fourth-order valence-electron chi connectivity index (χ4n) is 3.68. The Morgan fingerprint density at radius 3 is 2.14 bits per heavy atom. The summed E-state index contributed by atoms with van der Waals surface area (Å²) in [7, 11) is 1.55. The fraction of sp³-hybridized carbons (Fsp3) is 0.133. The van der Waals surface area contributed by atoms with Gasteiger partial charge in [-0.3, -0.25) is 9.48 Å². The molecule has 0 aliphatic rings. The van der Waals surface area contributed by atoms with Gasteiger partial charge < -0.3 is 19.5 Å². The summed E-state index contributed by atoms with van der Waals surface area (Å²) in [6.45, 7) is 8.69. The molecule has 37 heavy (non-hydrogen) atoms. The average molecular weight is 496 g/mol. The molecule has 3 aromatic carbocycles. The first-order chi connectivity index (χ1) is 18.0. The smallest absolute Gasteiger partial charge is 0.257 e. The van der Waals surface area contributed by atoms with Gasteiger partial charge >= 0.3 is 0 Å². The molecular formula is C30H29N3O4. The second-order valence-corrected chi connectivity index (χ2v) is 8.41. The summed E-state index contributed by atoms with van der Waals surface area (Å²) in [6, 6.07) is 26.5. The van der Waals surface area contributed by atoms with E-state index in [4.69, 9.17) is 14.2 Å². The summed E-state index contributed by atoms with van der Waals surface area (Å²) in [4.78, 5) is 13.1. The molecule has 0 radical (unpaired) electrons. The van der Waals surface area contributed by atoms with E-state index in [-0.39, 0.29) is 12.5 Å². The number of carbonyl (C=O) groups is 1. The first kappa shape index (κ1) is 25.5. The molecule has 4 rings (SSSR count). The first-order valence-electron chi connectivity index (χ1n) is 11.8. The molecule has 0 saturated heterocycles. The number of allylic oxidation sites excluding steroid dienone is 1. The molecule has 188 valence electrons. The molecule has 0 saturated carbocycles. The summed E-state index contributed by atoms with van der Waals surface area (Å²) < 4.78 is 18.6. The topological polar surface area (TPSA) is 74.6 Å². The van der Waals surface area contributed by atoms with Gasteiger partial charge in [-0.05, 0) is 23.3 Å². The molecule has 1 heterocycles. The molecule has 0 aliphatic heterocycles. The highest BCUT2D eigenvalue weighted by molar-refractivity contribution is 6.04. The van der Waals surface area contributed by atoms with Crippen LogP contribution in [0.5, 0.6) is 11.5 Å². The number of nitrogens with one attached hydrogen (secondary N) is 1. The molecule has 0 bridgehead atoms. The monoisotopic (exact) mass is 495 g/mol. The Kier molecular flexibility index (Phi) is 8.52. The van der Waals surface area contributed by atoms with E-state index in [1.807, 2.05) is 66.9 Å². The van der Waals surface area contributed by atoms with Crippen LogP contribution in [0.1, 0.15) is 21.5 Å². The average Bonchev–Trinajstić information content (AvgIpc) is 3.31. The number of methoxy groups -OCH3 is 1. The van der Waals surface area contributed by atoms with Crippen molar-refractivity contribution in [2.45, 2.75) is 13.0 Å². The van der Waals surface area contributed by atoms with Crippen LogP contribution in [-0.4, -0.2) is 29.4 Å². The normalized spacial score (nSPS) is 10.5. The zero-order valence-electron chi connectivity index (χ0n) is 20.7. The highest BCUT2D eigenvalue weighted by Gasteiger charge is 2.14. The predicted octanol–water partition coefficient (Wildman–Crippen LogP) is 5.86. The molecule has 0 aliphatic carbocycles. The summed E-state index contributed by atoms with van der Waals surface area (Å²) in [5, 5.41) is 7.30. The van der Waals surface area contributed by atoms with E-state index in [0.29, 0.717) is 47.4 Å². The Morgan fingerprint density at radius 2 is 1.49 bits per heavy atom. The number of anilines is 1. The third kappa shape index (κ3) is 7.68. The molecular weight excluding hydrogens is 466 g/mol. The Balaban J connectivity index is 1.49. The van der Waals surface area contributed by atoms with Crippen molar-refractivity contribution >= 4 is 11.7 Å². The van der Waals surface area contributed by atoms with Crippen molar-refractivity contribution in [3.05, 3.63) is 132 Å². The maximum atomic E-state index is 13.1. The molecule has 7 nitrogen and oxygen atoms in total. The van der Waals surface area contributed by atoms with Crippen molar-refractivity contribution in [3.8, 4) is 11.5 Å². The third-order valence-corrected chi connectivity index (χ3v) is 5.29. The molecule has 7 heteroatoms. The van der Waals surface area contributed by atoms with E-state index < -0.39 is 0 Å². The number of amides is 1. The standard InChI is InChI=1S/C30H29N3O4/c1-22(16-24-10-6-4-7-11-24)36-27-17-26(18-28(19-27)37-23(2)21-35-3)30(34)31-29-14-15-33(32-29)20-25-12-8-5-9-13-25/h4-15,17-19H,1-2,16,20-21H2,3H3,(H,31,32,34). The summed E-state index contributed by atoms with van der Waals surface area (Å²) in [5.74, 6) is 1.83. The number of ether oxygens (including phenoxy) is 3. The number of carbonyl (C=O) groups excluding carboxylic acids is 1. The van der Waals surface area contributed by atoms with E-state index in [1.54, 1.807) is 36.1 Å². The highest BCUT2D eigenvalue weighted by atomic mass is 16.5. The van der Waals surface area contributed by atoms with Crippen molar-refractivity contribution in [1.82, 2.24) is 9.78 Å². The zero-order chi connectivity index (χ0) is 26.0. The molecule has 0 unspecified atom stereocenters. The van der Waals surface area contributed by atoms with Gasteiger partial charge in [0.15, 0.2) is 5.82 Å². The predicted molar refractivity (Wildman–Crippen MR) is 144 cm³/mol. The van der Waals surface area contributed by atoms with E-state index in [9.17, 15) is 4.79 Å². The summed E-state index contributed by atoms with van der Waals surface area (Å²) in [5.41, 5.74) is 2.52. The molecule has 0 atom stereocenters. The first-order valence-corrected chi connectivity index (χ1v) is 11.8. The fourth-order valence-corrected chi connectivity index (χ4v) is 3.68. The number of rotatable bonds is 12. The summed E-state index contributed by atoms with van der Waals surface area (Å²) in [6.07, 6.45) is 2.35. The van der Waals surface area contributed by atoms with E-state index >= 15 is 0 Å². The third-order valence-electron chi connectivity index (χ3n) is 5.29. The zero-order valence-corrected chi connectivity index (χ0v) is 20.7. The molecule has 1 amide bonds. The van der Waals surface area contributed by atoms with Crippen LogP contribution in [0.25, 0.3) is 0 Å². The van der Waals surface area contributed by atoms with Crippen molar-refractivity contribution in [1.29, 1.82) is 0 Å². The molecule has 0 spiro atoms. The summed E-state index contributed by atoms with van der Waals surface area (Å²) >= 11 is 0. The van der Waals surface area contributed by atoms with Crippen LogP contribution >= 0.6 is 0 Å². The van der Waals surface area contributed by atoms with Crippen LogP contribution < -0.4 is 14.8 Å². The van der Waals surface area contributed by atoms with Gasteiger partial charge in [0, 0.05) is 37.4 Å². The maximum Gasteiger partial charge on any atom is 0.257 e. The van der Waals surface area contributed by atoms with Gasteiger partial charge in [-0.2, -0.15) is 5.10 Å². The van der Waals surface area contributed by atoms with Crippen molar-refractivity contribution in [2.75, 3.05) is 19.0 Å². The van der Waals surface area contributed by atoms with Crippen LogP contribution in [0, 0.1) is 0 Å². The van der Waals surface area contributed by atoms with Gasteiger partial charge in [-0.25, -0.2) is 0 Å². The highest BCUT2D eigenvalue weighted by Crippen LogP contribution is 2.27. The van der Waals surface area contributed by atoms with E-state index in [0.717, 1.165) is 11.1 Å². The second-order valence-electron chi connectivity index (χ2n) is 8.41. The van der Waals surface area contributed by atoms with Gasteiger partial charge in [-0.15, -0.1) is 0 Å². The van der Waals surface area contributed by atoms with Crippen LogP contribution in [0.3, 0.4) is 0 Å². The van der Waals surface area contributed by atoms with Gasteiger partial charge in [0.25, 0.3) is 5.91 Å². The lowest BCUT2D eigenvalue weighted by Gasteiger charge is -2.14.